The SMILES string of the molecule is CC#C/C=C/C=C/C(=O)OCC. The van der Waals surface area contributed by atoms with Crippen molar-refractivity contribution in [2.45, 2.75) is 13.8 Å². The summed E-state index contributed by atoms with van der Waals surface area (Å²) in [6, 6.07) is 0. The molecule has 0 aliphatic rings. The van der Waals surface area contributed by atoms with E-state index in [-0.39, 0.29) is 5.97 Å². The molecule has 0 aliphatic carbocycles. The molecule has 0 N–H and O–H groups in total. The highest BCUT2D eigenvalue weighted by Gasteiger charge is 1.89. The van der Waals surface area contributed by atoms with Crippen LogP contribution in [0.4, 0.5) is 0 Å². The second-order valence-corrected chi connectivity index (χ2v) is 1.86. The summed E-state index contributed by atoms with van der Waals surface area (Å²) in [7, 11) is 0. The molecule has 12 heavy (non-hydrogen) atoms. The summed E-state index contributed by atoms with van der Waals surface area (Å²) in [5.74, 6) is 5.09. The molecule has 0 rings (SSSR count). The van der Waals surface area contributed by atoms with Crippen molar-refractivity contribution in [3.63, 3.8) is 0 Å². The van der Waals surface area contributed by atoms with Crippen molar-refractivity contribution >= 4 is 5.97 Å². The van der Waals surface area contributed by atoms with E-state index >= 15 is 0 Å². The summed E-state index contributed by atoms with van der Waals surface area (Å²) in [5.41, 5.74) is 0. The first-order valence-electron chi connectivity index (χ1n) is 3.73. The van der Waals surface area contributed by atoms with Crippen molar-refractivity contribution < 1.29 is 9.53 Å². The number of carbonyl (C=O) groups excluding carboxylic acids is 1. The largest absolute Gasteiger partial charge is 0.463 e. The van der Waals surface area contributed by atoms with Crippen molar-refractivity contribution in [3.8, 4) is 11.8 Å². The van der Waals surface area contributed by atoms with Gasteiger partial charge in [0, 0.05) is 6.08 Å². The van der Waals surface area contributed by atoms with Gasteiger partial charge in [-0.15, -0.1) is 5.92 Å². The highest BCUT2D eigenvalue weighted by molar-refractivity contribution is 5.82. The van der Waals surface area contributed by atoms with Crippen LogP contribution in [-0.4, -0.2) is 12.6 Å². The van der Waals surface area contributed by atoms with Crippen LogP contribution in [0.25, 0.3) is 0 Å². The summed E-state index contributed by atoms with van der Waals surface area (Å²) in [4.78, 5) is 10.7. The minimum atomic E-state index is -0.327. The number of hydrogen-bond acceptors (Lipinski definition) is 2. The Morgan fingerprint density at radius 3 is 2.83 bits per heavy atom. The molecule has 0 aromatic rings. The third kappa shape index (κ3) is 6.63. The summed E-state index contributed by atoms with van der Waals surface area (Å²) in [6.45, 7) is 3.92. The lowest BCUT2D eigenvalue weighted by Crippen LogP contribution is -1.98. The van der Waals surface area contributed by atoms with Gasteiger partial charge in [0.1, 0.15) is 0 Å². The number of ether oxygens (including phenoxy) is 1. The Kier molecular flexibility index (Phi) is 6.67. The highest BCUT2D eigenvalue weighted by atomic mass is 16.5. The molecule has 0 atom stereocenters. The molecule has 2 nitrogen and oxygen atoms in total. The molecule has 0 saturated heterocycles. The van der Waals surface area contributed by atoms with Crippen LogP contribution in [0.3, 0.4) is 0 Å². The second-order valence-electron chi connectivity index (χ2n) is 1.86. The Hall–Kier alpha value is -1.49. The lowest BCUT2D eigenvalue weighted by Gasteiger charge is -1.92. The lowest BCUT2D eigenvalue weighted by molar-refractivity contribution is -0.137. The van der Waals surface area contributed by atoms with Gasteiger partial charge in [0.2, 0.25) is 0 Å². The molecule has 64 valence electrons. The molecule has 0 spiro atoms. The van der Waals surface area contributed by atoms with Gasteiger partial charge in [-0.05, 0) is 19.9 Å². The van der Waals surface area contributed by atoms with Crippen LogP contribution in [-0.2, 0) is 9.53 Å². The van der Waals surface area contributed by atoms with Gasteiger partial charge >= 0.3 is 5.97 Å². The molecule has 0 aromatic carbocycles. The standard InChI is InChI=1S/C10H12O2/c1-3-5-6-7-8-9-10(11)12-4-2/h6-9H,4H2,1-2H3/b7-6+,9-8+. The zero-order valence-corrected chi connectivity index (χ0v) is 7.33. The quantitative estimate of drug-likeness (QED) is 0.274. The van der Waals surface area contributed by atoms with Crippen molar-refractivity contribution in [2.75, 3.05) is 6.61 Å². The first-order valence-corrected chi connectivity index (χ1v) is 3.73. The van der Waals surface area contributed by atoms with Gasteiger partial charge in [-0.1, -0.05) is 18.1 Å². The Morgan fingerprint density at radius 2 is 2.25 bits per heavy atom. The Bertz CT molecular complexity index is 238. The highest BCUT2D eigenvalue weighted by Crippen LogP contribution is 1.82. The van der Waals surface area contributed by atoms with Crippen molar-refractivity contribution in [2.24, 2.45) is 0 Å². The molecular formula is C10H12O2. The first kappa shape index (κ1) is 10.5. The summed E-state index contributed by atoms with van der Waals surface area (Å²) < 4.78 is 4.65. The molecule has 0 bridgehead atoms. The van der Waals surface area contributed by atoms with Gasteiger partial charge in [-0.2, -0.15) is 0 Å². The monoisotopic (exact) mass is 164 g/mol. The fraction of sp³-hybridized carbons (Fsp3) is 0.300. The number of hydrogen-bond donors (Lipinski definition) is 0. The van der Waals surface area contributed by atoms with Crippen LogP contribution in [0, 0.1) is 11.8 Å². The third-order valence-corrected chi connectivity index (χ3v) is 0.954. The average molecular weight is 164 g/mol. The molecule has 0 amide bonds. The van der Waals surface area contributed by atoms with E-state index in [4.69, 9.17) is 0 Å². The van der Waals surface area contributed by atoms with Gasteiger partial charge in [0.15, 0.2) is 0 Å². The molecule has 0 unspecified atom stereocenters. The molecule has 0 fully saturated rings. The molecular weight excluding hydrogens is 152 g/mol. The zero-order valence-electron chi connectivity index (χ0n) is 7.33. The van der Waals surface area contributed by atoms with E-state index in [0.29, 0.717) is 6.61 Å². The Balaban J connectivity index is 3.73. The first-order chi connectivity index (χ1) is 5.81. The van der Waals surface area contributed by atoms with Gasteiger partial charge in [-0.3, -0.25) is 0 Å². The average Bonchev–Trinajstić information content (AvgIpc) is 2.05. The van der Waals surface area contributed by atoms with Crippen LogP contribution in [0.15, 0.2) is 24.3 Å². The predicted octanol–water partition coefficient (Wildman–Crippen LogP) is 1.69. The van der Waals surface area contributed by atoms with Gasteiger partial charge in [-0.25, -0.2) is 4.79 Å². The normalized spacial score (nSPS) is 9.83. The summed E-state index contributed by atoms with van der Waals surface area (Å²) >= 11 is 0. The van der Waals surface area contributed by atoms with E-state index in [0.717, 1.165) is 0 Å². The maximum atomic E-state index is 10.7. The van der Waals surface area contributed by atoms with Crippen LogP contribution in [0.5, 0.6) is 0 Å². The number of rotatable bonds is 3. The summed E-state index contributed by atoms with van der Waals surface area (Å²) in [6.07, 6.45) is 6.31. The predicted molar refractivity (Wildman–Crippen MR) is 48.4 cm³/mol. The Labute approximate surface area is 72.9 Å². The van der Waals surface area contributed by atoms with E-state index in [1.54, 1.807) is 32.1 Å². The number of allylic oxidation sites excluding steroid dienone is 3. The fourth-order valence-corrected chi connectivity index (χ4v) is 0.511. The van der Waals surface area contributed by atoms with E-state index in [2.05, 4.69) is 16.6 Å². The van der Waals surface area contributed by atoms with Gasteiger partial charge in [0.05, 0.1) is 6.61 Å². The van der Waals surface area contributed by atoms with E-state index in [1.807, 2.05) is 0 Å². The smallest absolute Gasteiger partial charge is 0.330 e. The molecule has 0 aliphatic heterocycles. The minimum Gasteiger partial charge on any atom is -0.463 e. The second kappa shape index (κ2) is 7.62. The van der Waals surface area contributed by atoms with E-state index in [9.17, 15) is 4.79 Å². The fourth-order valence-electron chi connectivity index (χ4n) is 0.511. The Morgan fingerprint density at radius 1 is 1.50 bits per heavy atom. The topological polar surface area (TPSA) is 26.3 Å². The maximum Gasteiger partial charge on any atom is 0.330 e. The number of esters is 1. The van der Waals surface area contributed by atoms with Crippen LogP contribution < -0.4 is 0 Å². The minimum absolute atomic E-state index is 0.327. The zero-order chi connectivity index (χ0) is 9.23. The molecule has 0 aromatic heterocycles. The van der Waals surface area contributed by atoms with Crippen molar-refractivity contribution in [1.29, 1.82) is 0 Å². The van der Waals surface area contributed by atoms with Crippen LogP contribution >= 0.6 is 0 Å². The molecule has 0 radical (unpaired) electrons. The third-order valence-electron chi connectivity index (χ3n) is 0.954. The van der Waals surface area contributed by atoms with Gasteiger partial charge in [0.25, 0.3) is 0 Å². The summed E-state index contributed by atoms with van der Waals surface area (Å²) in [5, 5.41) is 0. The molecule has 2 heteroatoms. The molecule has 0 saturated carbocycles. The lowest BCUT2D eigenvalue weighted by atomic mass is 10.4. The van der Waals surface area contributed by atoms with Crippen LogP contribution in [0.2, 0.25) is 0 Å². The van der Waals surface area contributed by atoms with Crippen LogP contribution in [0.1, 0.15) is 13.8 Å². The van der Waals surface area contributed by atoms with Crippen molar-refractivity contribution in [3.05, 3.63) is 24.3 Å². The van der Waals surface area contributed by atoms with E-state index < -0.39 is 0 Å². The van der Waals surface area contributed by atoms with Gasteiger partial charge < -0.3 is 4.74 Å². The number of carbonyl (C=O) groups is 1. The van der Waals surface area contributed by atoms with Crippen molar-refractivity contribution in [1.82, 2.24) is 0 Å². The molecule has 0 heterocycles. The maximum absolute atomic E-state index is 10.7. The van der Waals surface area contributed by atoms with E-state index in [1.165, 1.54) is 6.08 Å².